The van der Waals surface area contributed by atoms with Crippen molar-refractivity contribution in [2.75, 3.05) is 4.90 Å². The molecule has 1 aliphatic rings. The number of nitrogens with two attached hydrogens (primary N) is 1. The molecule has 0 spiro atoms. The molecule has 29 heavy (non-hydrogen) atoms. The molecule has 0 radical (unpaired) electrons. The zero-order chi connectivity index (χ0) is 21.2. The molecule has 2 aromatic carbocycles. The first kappa shape index (κ1) is 21.2. The van der Waals surface area contributed by atoms with Gasteiger partial charge in [0.1, 0.15) is 0 Å². The number of anilines is 1. The van der Waals surface area contributed by atoms with Gasteiger partial charge in [0, 0.05) is 0 Å². The fourth-order valence-corrected chi connectivity index (χ4v) is 5.18. The summed E-state index contributed by atoms with van der Waals surface area (Å²) in [5, 5.41) is 2.80. The Morgan fingerprint density at radius 3 is 2.24 bits per heavy atom. The van der Waals surface area contributed by atoms with Crippen LogP contribution in [0.15, 0.2) is 59.2 Å². The average Bonchev–Trinajstić information content (AvgIpc) is 3.07. The number of benzene rings is 2. The molecule has 3 rings (SSSR count). The summed E-state index contributed by atoms with van der Waals surface area (Å²) in [6.07, 6.45) is 2.07. The summed E-state index contributed by atoms with van der Waals surface area (Å²) in [5.41, 5.74) is 9.85. The molecule has 0 fully saturated rings. The van der Waals surface area contributed by atoms with E-state index in [0.29, 0.717) is 10.9 Å². The summed E-state index contributed by atoms with van der Waals surface area (Å²) < 4.78 is 0.568. The van der Waals surface area contributed by atoms with E-state index in [1.807, 2.05) is 48.2 Å². The molecule has 0 saturated heterocycles. The van der Waals surface area contributed by atoms with Gasteiger partial charge in [-0.15, -0.1) is 0 Å². The van der Waals surface area contributed by atoms with Crippen molar-refractivity contribution in [3.05, 3.63) is 75.9 Å². The predicted octanol–water partition coefficient (Wildman–Crippen LogP) is 2.79. The van der Waals surface area contributed by atoms with Gasteiger partial charge in [0.05, 0.1) is 0 Å². The summed E-state index contributed by atoms with van der Waals surface area (Å²) in [5.74, 6) is -0.507. The Morgan fingerprint density at radius 1 is 1.07 bits per heavy atom. The van der Waals surface area contributed by atoms with Crippen LogP contribution in [-0.2, 0) is 21.4 Å². The third kappa shape index (κ3) is 5.28. The molecule has 0 saturated carbocycles. The van der Waals surface area contributed by atoms with Gasteiger partial charge in [-0.25, -0.2) is 0 Å². The van der Waals surface area contributed by atoms with E-state index in [2.05, 4.69) is 38.2 Å². The van der Waals surface area contributed by atoms with Gasteiger partial charge in [0.25, 0.3) is 0 Å². The number of hydrogen-bond donors (Lipinski definition) is 2. The minimum absolute atomic E-state index is 0.0589. The van der Waals surface area contributed by atoms with E-state index in [-0.39, 0.29) is 31.3 Å². The van der Waals surface area contributed by atoms with Crippen LogP contribution in [0.1, 0.15) is 37.5 Å². The van der Waals surface area contributed by atoms with Gasteiger partial charge in [-0.2, -0.15) is 0 Å². The van der Waals surface area contributed by atoms with E-state index in [9.17, 15) is 9.59 Å². The van der Waals surface area contributed by atoms with Crippen LogP contribution in [-0.4, -0.2) is 31.8 Å². The number of primary amides is 1. The molecular formula is C23H27N3O2Se. The van der Waals surface area contributed by atoms with Crippen molar-refractivity contribution in [2.45, 2.75) is 44.6 Å². The molecule has 1 heterocycles. The third-order valence-corrected chi connectivity index (χ3v) is 7.16. The van der Waals surface area contributed by atoms with Crippen molar-refractivity contribution in [2.24, 2.45) is 5.73 Å². The summed E-state index contributed by atoms with van der Waals surface area (Å²) in [6.45, 7) is 8.52. The number of rotatable bonds is 5. The van der Waals surface area contributed by atoms with E-state index < -0.39 is 5.91 Å². The number of hydrogen-bond acceptors (Lipinski definition) is 3. The SMILES string of the molecule is Cc1ccc(CC(=O)NC2[Se]C(C(N)=O)=CN2c2ccc(C(C)(C)C)cc2)cc1. The molecule has 152 valence electrons. The summed E-state index contributed by atoms with van der Waals surface area (Å²) in [7, 11) is 0. The summed E-state index contributed by atoms with van der Waals surface area (Å²) >= 11 is -0.266. The van der Waals surface area contributed by atoms with Gasteiger partial charge in [-0.1, -0.05) is 0 Å². The first-order valence-electron chi connectivity index (χ1n) is 9.55. The van der Waals surface area contributed by atoms with Crippen LogP contribution >= 0.6 is 0 Å². The number of carbonyl (C=O) groups excluding carboxylic acids is 2. The first-order valence-corrected chi connectivity index (χ1v) is 11.4. The normalized spacial score (nSPS) is 16.5. The third-order valence-electron chi connectivity index (χ3n) is 4.79. The van der Waals surface area contributed by atoms with Crippen molar-refractivity contribution in [1.29, 1.82) is 0 Å². The Hall–Kier alpha value is -2.56. The first-order chi connectivity index (χ1) is 13.6. The monoisotopic (exact) mass is 457 g/mol. The standard InChI is InChI=1S/C23H27N3O2Se/c1-15-5-7-16(8-6-15)13-20(27)25-22-26(14-19(29-22)21(24)28)18-11-9-17(10-12-18)23(2,3)4/h5-12,14,22H,13H2,1-4H3,(H2,24,28)(H,25,27). The molecule has 0 aromatic heterocycles. The van der Waals surface area contributed by atoms with Crippen LogP contribution in [0.25, 0.3) is 0 Å². The van der Waals surface area contributed by atoms with Gasteiger partial charge in [-0.05, 0) is 0 Å². The van der Waals surface area contributed by atoms with Gasteiger partial charge in [-0.3, -0.25) is 0 Å². The molecule has 3 N–H and O–H groups in total. The molecule has 2 aromatic rings. The number of nitrogens with one attached hydrogen (secondary N) is 1. The zero-order valence-corrected chi connectivity index (χ0v) is 18.9. The van der Waals surface area contributed by atoms with Crippen LogP contribution in [0.4, 0.5) is 5.69 Å². The van der Waals surface area contributed by atoms with Crippen LogP contribution in [0.3, 0.4) is 0 Å². The van der Waals surface area contributed by atoms with Crippen molar-refractivity contribution >= 4 is 32.5 Å². The molecule has 6 heteroatoms. The molecule has 1 aliphatic heterocycles. The second-order valence-electron chi connectivity index (χ2n) is 8.26. The number of carbonyl (C=O) groups is 2. The zero-order valence-electron chi connectivity index (χ0n) is 17.2. The van der Waals surface area contributed by atoms with Gasteiger partial charge >= 0.3 is 178 Å². The molecule has 1 atom stereocenters. The summed E-state index contributed by atoms with van der Waals surface area (Å²) in [4.78, 5) is 26.3. The average molecular weight is 456 g/mol. The van der Waals surface area contributed by atoms with Crippen molar-refractivity contribution in [1.82, 2.24) is 5.32 Å². The Bertz CT molecular complexity index is 928. The van der Waals surface area contributed by atoms with Gasteiger partial charge in [0.15, 0.2) is 0 Å². The van der Waals surface area contributed by atoms with E-state index in [4.69, 9.17) is 5.73 Å². The molecule has 1 unspecified atom stereocenters. The Balaban J connectivity index is 1.76. The molecule has 5 nitrogen and oxygen atoms in total. The maximum atomic E-state index is 12.6. The van der Waals surface area contributed by atoms with Crippen LogP contribution in [0, 0.1) is 6.92 Å². The summed E-state index contributed by atoms with van der Waals surface area (Å²) in [6, 6.07) is 16.1. The van der Waals surface area contributed by atoms with E-state index >= 15 is 0 Å². The number of amides is 2. The molecular weight excluding hydrogens is 429 g/mol. The Kier molecular flexibility index (Phi) is 6.15. The number of aryl methyl sites for hydroxylation is 1. The van der Waals surface area contributed by atoms with Crippen LogP contribution in [0.5, 0.6) is 0 Å². The van der Waals surface area contributed by atoms with Crippen molar-refractivity contribution in [3.63, 3.8) is 0 Å². The van der Waals surface area contributed by atoms with Crippen molar-refractivity contribution in [3.8, 4) is 0 Å². The minimum atomic E-state index is -0.434. The van der Waals surface area contributed by atoms with E-state index in [1.54, 1.807) is 6.20 Å². The fraction of sp³-hybridized carbons (Fsp3) is 0.304. The maximum absolute atomic E-state index is 12.6. The van der Waals surface area contributed by atoms with Gasteiger partial charge in [0.2, 0.25) is 0 Å². The molecule has 0 aliphatic carbocycles. The van der Waals surface area contributed by atoms with Crippen molar-refractivity contribution < 1.29 is 9.59 Å². The van der Waals surface area contributed by atoms with E-state index in [0.717, 1.165) is 16.8 Å². The van der Waals surface area contributed by atoms with E-state index in [1.165, 1.54) is 5.56 Å². The Labute approximate surface area is 178 Å². The number of nitrogens with zero attached hydrogens (tertiary/aromatic N) is 1. The Morgan fingerprint density at radius 2 is 1.69 bits per heavy atom. The van der Waals surface area contributed by atoms with Crippen LogP contribution in [0.2, 0.25) is 0 Å². The quantitative estimate of drug-likeness (QED) is 0.680. The van der Waals surface area contributed by atoms with Gasteiger partial charge < -0.3 is 0 Å². The predicted molar refractivity (Wildman–Crippen MR) is 117 cm³/mol. The molecule has 2 amide bonds. The second kappa shape index (κ2) is 8.44. The molecule has 0 bridgehead atoms. The topological polar surface area (TPSA) is 75.4 Å². The second-order valence-corrected chi connectivity index (χ2v) is 10.6. The fourth-order valence-electron chi connectivity index (χ4n) is 3.05. The van der Waals surface area contributed by atoms with Crippen LogP contribution < -0.4 is 16.0 Å².